The molecule has 5 heteroatoms. The van der Waals surface area contributed by atoms with Crippen LogP contribution in [0.2, 0.25) is 0 Å². The van der Waals surface area contributed by atoms with E-state index in [0.29, 0.717) is 6.61 Å². The molecule has 0 unspecified atom stereocenters. The van der Waals surface area contributed by atoms with Crippen molar-refractivity contribution < 1.29 is 9.47 Å². The van der Waals surface area contributed by atoms with Crippen molar-refractivity contribution in [3.8, 4) is 22.2 Å². The number of thiophene rings is 1. The summed E-state index contributed by atoms with van der Waals surface area (Å²) in [5.74, 6) is 2.63. The molecule has 0 aliphatic rings. The molecule has 0 fully saturated rings. The molecule has 4 aromatic rings. The third kappa shape index (κ3) is 3.83. The molecule has 4 nitrogen and oxygen atoms in total. The van der Waals surface area contributed by atoms with Crippen LogP contribution in [-0.4, -0.2) is 23.3 Å². The van der Waals surface area contributed by atoms with E-state index in [4.69, 9.17) is 14.5 Å². The van der Waals surface area contributed by atoms with Crippen molar-refractivity contribution in [2.45, 2.75) is 19.4 Å². The molecule has 4 rings (SSSR count). The van der Waals surface area contributed by atoms with E-state index in [2.05, 4.69) is 40.3 Å². The van der Waals surface area contributed by atoms with E-state index in [1.807, 2.05) is 30.3 Å². The predicted molar refractivity (Wildman–Crippen MR) is 111 cm³/mol. The van der Waals surface area contributed by atoms with Gasteiger partial charge in [-0.15, -0.1) is 11.3 Å². The van der Waals surface area contributed by atoms with Crippen molar-refractivity contribution in [3.63, 3.8) is 0 Å². The van der Waals surface area contributed by atoms with Crippen LogP contribution < -0.4 is 9.47 Å². The van der Waals surface area contributed by atoms with Crippen molar-refractivity contribution in [2.24, 2.45) is 0 Å². The Morgan fingerprint density at radius 1 is 0.926 bits per heavy atom. The van der Waals surface area contributed by atoms with Crippen LogP contribution in [0.5, 0.6) is 11.5 Å². The van der Waals surface area contributed by atoms with Gasteiger partial charge >= 0.3 is 0 Å². The van der Waals surface area contributed by atoms with Crippen LogP contribution in [0.1, 0.15) is 12.8 Å². The fourth-order valence-electron chi connectivity index (χ4n) is 3.19. The standard InChI is InChI=1S/C22H22N2O2S/c1-25-19-11-4-5-12-20(19)26-15-7-6-14-24-18-10-3-2-9-17(18)23-22(24)21-13-8-16-27-21/h2-5,8-13,16H,6-7,14-15H2,1H3. The first-order valence-electron chi connectivity index (χ1n) is 9.12. The Morgan fingerprint density at radius 3 is 2.56 bits per heavy atom. The summed E-state index contributed by atoms with van der Waals surface area (Å²) in [6, 6.07) is 20.3. The number of hydrogen-bond acceptors (Lipinski definition) is 4. The topological polar surface area (TPSA) is 36.3 Å². The van der Waals surface area contributed by atoms with E-state index in [1.54, 1.807) is 18.4 Å². The highest BCUT2D eigenvalue weighted by atomic mass is 32.1. The molecule has 27 heavy (non-hydrogen) atoms. The molecule has 0 saturated carbocycles. The Morgan fingerprint density at radius 2 is 1.74 bits per heavy atom. The minimum atomic E-state index is 0.668. The van der Waals surface area contributed by atoms with Crippen LogP contribution in [0.4, 0.5) is 0 Å². The molecule has 0 aliphatic heterocycles. The summed E-state index contributed by atoms with van der Waals surface area (Å²) in [6.45, 7) is 1.59. The molecule has 0 aliphatic carbocycles. The minimum Gasteiger partial charge on any atom is -0.493 e. The fraction of sp³-hybridized carbons (Fsp3) is 0.227. The number of aromatic nitrogens is 2. The number of hydrogen-bond donors (Lipinski definition) is 0. The Labute approximate surface area is 163 Å². The maximum absolute atomic E-state index is 5.89. The lowest BCUT2D eigenvalue weighted by Crippen LogP contribution is -2.04. The van der Waals surface area contributed by atoms with Gasteiger partial charge in [0.25, 0.3) is 0 Å². The van der Waals surface area contributed by atoms with Gasteiger partial charge in [-0.3, -0.25) is 0 Å². The van der Waals surface area contributed by atoms with Crippen LogP contribution in [-0.2, 0) is 6.54 Å². The van der Waals surface area contributed by atoms with Gasteiger partial charge in [0.15, 0.2) is 17.3 Å². The molecule has 0 N–H and O–H groups in total. The highest BCUT2D eigenvalue weighted by Gasteiger charge is 2.12. The maximum Gasteiger partial charge on any atom is 0.161 e. The quantitative estimate of drug-likeness (QED) is 0.373. The van der Waals surface area contributed by atoms with Gasteiger partial charge < -0.3 is 14.0 Å². The zero-order valence-corrected chi connectivity index (χ0v) is 16.1. The third-order valence-electron chi connectivity index (χ3n) is 4.50. The molecular weight excluding hydrogens is 356 g/mol. The number of aryl methyl sites for hydroxylation is 1. The number of ether oxygens (including phenoxy) is 2. The molecule has 0 amide bonds. The van der Waals surface area contributed by atoms with E-state index >= 15 is 0 Å². The number of benzene rings is 2. The number of para-hydroxylation sites is 4. The van der Waals surface area contributed by atoms with Gasteiger partial charge in [0.2, 0.25) is 0 Å². The smallest absolute Gasteiger partial charge is 0.161 e. The molecule has 0 saturated heterocycles. The van der Waals surface area contributed by atoms with Gasteiger partial charge in [-0.25, -0.2) is 4.98 Å². The number of fused-ring (bicyclic) bond motifs is 1. The molecule has 0 radical (unpaired) electrons. The number of imidazole rings is 1. The average molecular weight is 378 g/mol. The minimum absolute atomic E-state index is 0.668. The molecule has 2 aromatic carbocycles. The number of nitrogens with zero attached hydrogens (tertiary/aromatic N) is 2. The number of unbranched alkanes of at least 4 members (excludes halogenated alkanes) is 1. The SMILES string of the molecule is COc1ccccc1OCCCCn1c(-c2cccs2)nc2ccccc21. The fourth-order valence-corrected chi connectivity index (χ4v) is 3.91. The third-order valence-corrected chi connectivity index (χ3v) is 5.36. The van der Waals surface area contributed by atoms with E-state index in [-0.39, 0.29) is 0 Å². The van der Waals surface area contributed by atoms with Crippen LogP contribution in [0.25, 0.3) is 21.7 Å². The van der Waals surface area contributed by atoms with Crippen LogP contribution >= 0.6 is 11.3 Å². The monoisotopic (exact) mass is 378 g/mol. The van der Waals surface area contributed by atoms with E-state index in [9.17, 15) is 0 Å². The zero-order chi connectivity index (χ0) is 18.5. The first kappa shape index (κ1) is 17.6. The Balaban J connectivity index is 1.42. The summed E-state index contributed by atoms with van der Waals surface area (Å²) in [5.41, 5.74) is 2.23. The molecule has 138 valence electrons. The lowest BCUT2D eigenvalue weighted by atomic mass is 10.3. The van der Waals surface area contributed by atoms with E-state index in [1.165, 1.54) is 10.4 Å². The van der Waals surface area contributed by atoms with Crippen LogP contribution in [0, 0.1) is 0 Å². The maximum atomic E-state index is 5.89. The van der Waals surface area contributed by atoms with E-state index in [0.717, 1.165) is 42.2 Å². The molecule has 0 atom stereocenters. The van der Waals surface area contributed by atoms with Crippen molar-refractivity contribution >= 4 is 22.4 Å². The van der Waals surface area contributed by atoms with Gasteiger partial charge in [-0.2, -0.15) is 0 Å². The Hall–Kier alpha value is -2.79. The van der Waals surface area contributed by atoms with Gasteiger partial charge in [0, 0.05) is 6.54 Å². The van der Waals surface area contributed by atoms with Gasteiger partial charge in [0.1, 0.15) is 0 Å². The van der Waals surface area contributed by atoms with Gasteiger partial charge in [-0.05, 0) is 48.6 Å². The molecule has 2 aromatic heterocycles. The van der Waals surface area contributed by atoms with Crippen molar-refractivity contribution in [3.05, 3.63) is 66.0 Å². The van der Waals surface area contributed by atoms with E-state index < -0.39 is 0 Å². The summed E-state index contributed by atoms with van der Waals surface area (Å²) in [5, 5.41) is 2.10. The lowest BCUT2D eigenvalue weighted by molar-refractivity contribution is 0.284. The summed E-state index contributed by atoms with van der Waals surface area (Å²) in [6.07, 6.45) is 1.99. The second kappa shape index (κ2) is 8.27. The summed E-state index contributed by atoms with van der Waals surface area (Å²) >= 11 is 1.73. The first-order valence-corrected chi connectivity index (χ1v) is 10.00. The van der Waals surface area contributed by atoms with Crippen molar-refractivity contribution in [1.29, 1.82) is 0 Å². The zero-order valence-electron chi connectivity index (χ0n) is 15.3. The normalized spacial score (nSPS) is 11.0. The molecule has 0 spiro atoms. The Bertz CT molecular complexity index is 1010. The van der Waals surface area contributed by atoms with Crippen LogP contribution in [0.3, 0.4) is 0 Å². The number of methoxy groups -OCH3 is 1. The van der Waals surface area contributed by atoms with Crippen molar-refractivity contribution in [2.75, 3.05) is 13.7 Å². The second-order valence-electron chi connectivity index (χ2n) is 6.26. The predicted octanol–water partition coefficient (Wildman–Crippen LogP) is 5.63. The highest BCUT2D eigenvalue weighted by Crippen LogP contribution is 2.29. The molecular formula is C22H22N2O2S. The first-order chi connectivity index (χ1) is 13.4. The molecule has 0 bridgehead atoms. The Kier molecular flexibility index (Phi) is 5.39. The summed E-state index contributed by atoms with van der Waals surface area (Å²) in [7, 11) is 1.67. The second-order valence-corrected chi connectivity index (χ2v) is 7.21. The molecule has 2 heterocycles. The summed E-state index contributed by atoms with van der Waals surface area (Å²) in [4.78, 5) is 6.05. The average Bonchev–Trinajstić information content (AvgIpc) is 3.36. The van der Waals surface area contributed by atoms with Crippen LogP contribution in [0.15, 0.2) is 66.0 Å². The van der Waals surface area contributed by atoms with Gasteiger partial charge in [-0.1, -0.05) is 30.3 Å². The largest absolute Gasteiger partial charge is 0.493 e. The number of rotatable bonds is 8. The highest BCUT2D eigenvalue weighted by molar-refractivity contribution is 7.13. The van der Waals surface area contributed by atoms with Gasteiger partial charge in [0.05, 0.1) is 29.6 Å². The summed E-state index contributed by atoms with van der Waals surface area (Å²) < 4.78 is 13.5. The lowest BCUT2D eigenvalue weighted by Gasteiger charge is -2.11. The van der Waals surface area contributed by atoms with Crippen molar-refractivity contribution in [1.82, 2.24) is 9.55 Å².